The largest absolute Gasteiger partial charge is 0.512 e. The number of carbonyl (C=O) groups excluding carboxylic acids is 2. The van der Waals surface area contributed by atoms with E-state index in [0.717, 1.165) is 11.1 Å². The first-order chi connectivity index (χ1) is 24.1. The van der Waals surface area contributed by atoms with Gasteiger partial charge in [-0.05, 0) is 34.6 Å². The quantitative estimate of drug-likeness (QED) is 0.153. The van der Waals surface area contributed by atoms with Gasteiger partial charge in [-0.3, -0.25) is 19.0 Å². The molecule has 56 heavy (non-hydrogen) atoms. The predicted molar refractivity (Wildman–Crippen MR) is 217 cm³/mol. The van der Waals surface area contributed by atoms with Gasteiger partial charge in [-0.15, -0.1) is 11.6 Å². The van der Waals surface area contributed by atoms with E-state index < -0.39 is 22.5 Å². The molecule has 2 heterocycles. The second kappa shape index (κ2) is 20.7. The summed E-state index contributed by atoms with van der Waals surface area (Å²) in [7, 11) is 0. The van der Waals surface area contributed by atoms with E-state index in [1.807, 2.05) is 95.2 Å². The van der Waals surface area contributed by atoms with Crippen molar-refractivity contribution in [3.63, 3.8) is 0 Å². The number of rotatable bonds is 4. The number of benzene rings is 1. The molecule has 0 amide bonds. The Morgan fingerprint density at radius 1 is 0.554 bits per heavy atom. The molecule has 3 aromatic rings. The van der Waals surface area contributed by atoms with E-state index in [4.69, 9.17) is 0 Å². The summed E-state index contributed by atoms with van der Waals surface area (Å²) in [5.41, 5.74) is 0.803. The van der Waals surface area contributed by atoms with Crippen molar-refractivity contribution in [3.05, 3.63) is 95.2 Å². The zero-order chi connectivity index (χ0) is 42.4. The second-order valence-electron chi connectivity index (χ2n) is 19.8. The molecule has 0 radical (unpaired) electrons. The van der Waals surface area contributed by atoms with Crippen molar-refractivity contribution in [3.8, 4) is 22.5 Å². The molecule has 0 saturated heterocycles. The summed E-state index contributed by atoms with van der Waals surface area (Å²) in [6, 6.07) is 12.2. The molecule has 0 unspecified atom stereocenters. The van der Waals surface area contributed by atoms with Gasteiger partial charge in [0.15, 0.2) is 11.6 Å². The molecule has 0 bridgehead atoms. The van der Waals surface area contributed by atoms with Gasteiger partial charge in [0, 0.05) is 94.0 Å². The van der Waals surface area contributed by atoms with Crippen LogP contribution >= 0.6 is 0 Å². The Labute approximate surface area is 365 Å². The number of nitrogens with zero attached hydrogens (tertiary/aromatic N) is 2. The summed E-state index contributed by atoms with van der Waals surface area (Å²) in [6.45, 7) is 34.6. The Bertz CT molecular complexity index is 1710. The number of carbonyl (C=O) groups is 2. The molecule has 2 aromatic heterocycles. The average molecular weight is 1140 g/mol. The van der Waals surface area contributed by atoms with Gasteiger partial charge < -0.3 is 19.6 Å². The first kappa shape index (κ1) is 55.3. The number of allylic oxidation sites excluding steroid dienone is 4. The Morgan fingerprint density at radius 2 is 0.839 bits per heavy atom. The molecule has 0 atom stereocenters. The molecule has 0 fully saturated rings. The van der Waals surface area contributed by atoms with Gasteiger partial charge in [0.1, 0.15) is 11.5 Å². The minimum Gasteiger partial charge on any atom is -0.512 e. The molecule has 0 aliphatic rings. The molecule has 318 valence electrons. The smallest absolute Gasteiger partial charge is 0.164 e. The van der Waals surface area contributed by atoms with Crippen LogP contribution in [0.4, 0.5) is 8.78 Å². The van der Waals surface area contributed by atoms with Crippen molar-refractivity contribution < 1.29 is 70.7 Å². The van der Waals surface area contributed by atoms with Crippen LogP contribution in [0.2, 0.25) is 0 Å². The topological polar surface area (TPSA) is 100 Å². The van der Waals surface area contributed by atoms with Gasteiger partial charge in [0.2, 0.25) is 0 Å². The van der Waals surface area contributed by atoms with Gasteiger partial charge >= 0.3 is 0 Å². The van der Waals surface area contributed by atoms with Gasteiger partial charge in [0.25, 0.3) is 0 Å². The van der Waals surface area contributed by atoms with Crippen LogP contribution in [0.1, 0.15) is 136 Å². The summed E-state index contributed by atoms with van der Waals surface area (Å²) in [5.74, 6) is -1.18. The number of hydrogen-bond acceptors (Lipinski definition) is 6. The van der Waals surface area contributed by atoms with Gasteiger partial charge in [-0.1, -0.05) is 148 Å². The SMILES string of the molecule is CC(C)(C)C(=O)/C=C(\O)C(C)(C)C.CC(C)(C)C(=O)/C=C(\O)C(C)(C)C.CC(C)(C)c1ccnc(-c2[c-]c(F)[c-]c(-c3cc(C(C)(C)C)ccn3)c2F)c1.[Pt].[Pt]. The summed E-state index contributed by atoms with van der Waals surface area (Å²) in [4.78, 5) is 31.5. The Kier molecular flexibility index (Phi) is 20.5. The fourth-order valence-corrected chi connectivity index (χ4v) is 4.02. The minimum atomic E-state index is -0.766. The fraction of sp³-hybridized carbons (Fsp3) is 0.522. The summed E-state index contributed by atoms with van der Waals surface area (Å²) in [6.07, 6.45) is 5.88. The summed E-state index contributed by atoms with van der Waals surface area (Å²) in [5, 5.41) is 19.1. The van der Waals surface area contributed by atoms with Crippen molar-refractivity contribution in [2.24, 2.45) is 21.7 Å². The first-order valence-corrected chi connectivity index (χ1v) is 18.3. The third-order valence-electron chi connectivity index (χ3n) is 8.22. The molecule has 2 N–H and O–H groups in total. The summed E-state index contributed by atoms with van der Waals surface area (Å²) < 4.78 is 29.7. The van der Waals surface area contributed by atoms with E-state index >= 15 is 4.39 Å². The number of aliphatic hydroxyl groups is 2. The van der Waals surface area contributed by atoms with Crippen molar-refractivity contribution in [1.82, 2.24) is 9.97 Å². The number of hydrogen-bond donors (Lipinski definition) is 2. The van der Waals surface area contributed by atoms with Gasteiger partial charge in [0.05, 0.1) is 0 Å². The average Bonchev–Trinajstić information content (AvgIpc) is 3.00. The number of halogens is 2. The van der Waals surface area contributed by atoms with Gasteiger partial charge in [-0.25, -0.2) is 17.7 Å². The molecule has 0 aliphatic heterocycles. The predicted octanol–water partition coefficient (Wildman–Crippen LogP) is 12.5. The van der Waals surface area contributed by atoms with Crippen LogP contribution in [0, 0.1) is 45.4 Å². The Morgan fingerprint density at radius 3 is 1.07 bits per heavy atom. The first-order valence-electron chi connectivity index (χ1n) is 18.3. The molecule has 1 aromatic carbocycles. The van der Waals surface area contributed by atoms with Gasteiger partial charge in [-0.2, -0.15) is 0 Å². The van der Waals surface area contributed by atoms with Crippen LogP contribution in [0.3, 0.4) is 0 Å². The Balaban J connectivity index is 0. The molecule has 0 saturated carbocycles. The van der Waals surface area contributed by atoms with Crippen LogP contribution in [0.15, 0.2) is 60.3 Å². The van der Waals surface area contributed by atoms with Crippen LogP contribution < -0.4 is 0 Å². The fourth-order valence-electron chi connectivity index (χ4n) is 4.02. The van der Waals surface area contributed by atoms with E-state index in [1.54, 1.807) is 24.5 Å². The molecular formula is C46H64F2N2O4Pt2-2. The molecule has 6 nitrogen and oxygen atoms in total. The number of pyridine rings is 2. The number of aromatic nitrogens is 2. The third kappa shape index (κ3) is 17.8. The van der Waals surface area contributed by atoms with Crippen LogP contribution in [-0.4, -0.2) is 31.7 Å². The van der Waals surface area contributed by atoms with Crippen molar-refractivity contribution in [2.75, 3.05) is 0 Å². The normalized spacial score (nSPS) is 12.9. The maximum atomic E-state index is 15.4. The number of aliphatic hydroxyl groups excluding tert-OH is 2. The van der Waals surface area contributed by atoms with Crippen molar-refractivity contribution >= 4 is 11.6 Å². The van der Waals surface area contributed by atoms with E-state index in [1.165, 1.54) is 12.2 Å². The zero-order valence-corrected chi connectivity index (χ0v) is 41.2. The monoisotopic (exact) mass is 1140 g/mol. The molecule has 10 heteroatoms. The summed E-state index contributed by atoms with van der Waals surface area (Å²) >= 11 is 0. The van der Waals surface area contributed by atoms with E-state index in [9.17, 15) is 24.2 Å². The van der Waals surface area contributed by atoms with E-state index in [-0.39, 0.29) is 98.0 Å². The number of ketones is 2. The zero-order valence-electron chi connectivity index (χ0n) is 36.6. The molecule has 0 aliphatic carbocycles. The van der Waals surface area contributed by atoms with Crippen LogP contribution in [-0.2, 0) is 62.5 Å². The Hall–Kier alpha value is -2.82. The van der Waals surface area contributed by atoms with Crippen LogP contribution in [0.5, 0.6) is 0 Å². The maximum absolute atomic E-state index is 15.4. The molecular weight excluding hydrogens is 1070 g/mol. The van der Waals surface area contributed by atoms with Crippen molar-refractivity contribution in [2.45, 2.75) is 135 Å². The minimum absolute atomic E-state index is 0. The molecule has 3 rings (SSSR count). The third-order valence-corrected chi connectivity index (χ3v) is 8.22. The second-order valence-corrected chi connectivity index (χ2v) is 19.8. The van der Waals surface area contributed by atoms with E-state index in [2.05, 4.69) is 63.6 Å². The maximum Gasteiger partial charge on any atom is 0.164 e. The van der Waals surface area contributed by atoms with Crippen molar-refractivity contribution in [1.29, 1.82) is 0 Å². The van der Waals surface area contributed by atoms with E-state index in [0.29, 0.717) is 11.4 Å². The standard InChI is InChI=1S/C24H24F2N2.2C11H20O2.2Pt/c1-23(2,3)15-7-9-27-20(11-15)18-13-17(25)14-19(22(18)26)21-12-16(8-10-28-21)24(4,5)6;2*1-10(2,3)8(12)7-9(13)11(4,5)6;;/h7-12H,1-6H3;2*7,12H,1-6H3;;/q-2;;;;/b;2*8-7-;;. The molecule has 0 spiro atoms. The van der Waals surface area contributed by atoms with Crippen LogP contribution in [0.25, 0.3) is 22.5 Å².